The number of aliphatic imine (C=N–C) groups is 1. The Bertz CT molecular complexity index is 1170. The second-order valence-corrected chi connectivity index (χ2v) is 10.1. The molecule has 0 bridgehead atoms. The van der Waals surface area contributed by atoms with Gasteiger partial charge in [-0.15, -0.1) is 0 Å². The molecule has 1 saturated heterocycles. The standard InChI is InChI=1S/C26H29N3OS/c1-15-8-16(2)10-20(9-15)27-25-28-24(30)23(31-25)13-19-12-21-18(4)14-26(5,6)29(7)22(21)11-17(19)3/h8-14H,1-7H3,(H,27,28,30)/b23-13+. The number of likely N-dealkylation sites (N-methyl/N-ethyl adjacent to an activating group) is 1. The molecule has 2 heterocycles. The van der Waals surface area contributed by atoms with Crippen LogP contribution in [-0.4, -0.2) is 23.7 Å². The second kappa shape index (κ2) is 7.72. The van der Waals surface area contributed by atoms with Crippen LogP contribution < -0.4 is 10.2 Å². The summed E-state index contributed by atoms with van der Waals surface area (Å²) in [5.41, 5.74) is 9.07. The molecule has 1 N–H and O–H groups in total. The molecule has 31 heavy (non-hydrogen) atoms. The van der Waals surface area contributed by atoms with Crippen LogP contribution in [0.2, 0.25) is 0 Å². The van der Waals surface area contributed by atoms with Gasteiger partial charge in [0.15, 0.2) is 5.17 Å². The lowest BCUT2D eigenvalue weighted by Crippen LogP contribution is -2.42. The molecular weight excluding hydrogens is 402 g/mol. The summed E-state index contributed by atoms with van der Waals surface area (Å²) in [5, 5.41) is 3.53. The van der Waals surface area contributed by atoms with Crippen molar-refractivity contribution in [2.45, 2.75) is 47.1 Å². The molecule has 0 saturated carbocycles. The van der Waals surface area contributed by atoms with Crippen LogP contribution in [0.15, 0.2) is 46.3 Å². The number of thioether (sulfide) groups is 1. The largest absolute Gasteiger partial charge is 0.365 e. The molecule has 2 aliphatic rings. The molecule has 0 spiro atoms. The number of amidine groups is 1. The van der Waals surface area contributed by atoms with E-state index in [2.05, 4.69) is 88.1 Å². The van der Waals surface area contributed by atoms with Crippen molar-refractivity contribution in [3.05, 3.63) is 69.1 Å². The van der Waals surface area contributed by atoms with Crippen LogP contribution in [0.3, 0.4) is 0 Å². The predicted octanol–water partition coefficient (Wildman–Crippen LogP) is 6.14. The number of amides is 1. The summed E-state index contributed by atoms with van der Waals surface area (Å²) < 4.78 is 0. The summed E-state index contributed by atoms with van der Waals surface area (Å²) in [5.74, 6) is -0.101. The van der Waals surface area contributed by atoms with Gasteiger partial charge in [0.2, 0.25) is 0 Å². The summed E-state index contributed by atoms with van der Waals surface area (Å²) in [4.78, 5) is 20.2. The molecule has 4 rings (SSSR count). The van der Waals surface area contributed by atoms with Gasteiger partial charge in [0.05, 0.1) is 16.1 Å². The van der Waals surface area contributed by atoms with Gasteiger partial charge < -0.3 is 10.2 Å². The van der Waals surface area contributed by atoms with Crippen LogP contribution in [0, 0.1) is 20.8 Å². The van der Waals surface area contributed by atoms with Crippen molar-refractivity contribution in [1.29, 1.82) is 0 Å². The third-order valence-electron chi connectivity index (χ3n) is 5.98. The number of carbonyl (C=O) groups excluding carboxylic acids is 1. The lowest BCUT2D eigenvalue weighted by Gasteiger charge is -2.41. The molecule has 2 aromatic rings. The minimum Gasteiger partial charge on any atom is -0.365 e. The van der Waals surface area contributed by atoms with Crippen LogP contribution in [-0.2, 0) is 4.79 Å². The number of hydrogen-bond acceptors (Lipinski definition) is 4. The number of benzene rings is 2. The van der Waals surface area contributed by atoms with E-state index in [0.717, 1.165) is 27.9 Å². The molecule has 1 fully saturated rings. The molecule has 2 aromatic carbocycles. The Kier molecular flexibility index (Phi) is 5.34. The lowest BCUT2D eigenvalue weighted by atomic mass is 9.87. The molecule has 0 radical (unpaired) electrons. The second-order valence-electron chi connectivity index (χ2n) is 9.09. The van der Waals surface area contributed by atoms with E-state index in [9.17, 15) is 4.79 Å². The van der Waals surface area contributed by atoms with Gasteiger partial charge in [0, 0.05) is 18.3 Å². The Balaban J connectivity index is 1.67. The topological polar surface area (TPSA) is 44.7 Å². The molecule has 5 heteroatoms. The maximum absolute atomic E-state index is 12.6. The molecule has 1 amide bonds. The van der Waals surface area contributed by atoms with Crippen LogP contribution in [0.4, 0.5) is 11.4 Å². The molecule has 0 aliphatic carbocycles. The highest BCUT2D eigenvalue weighted by Gasteiger charge is 2.29. The van der Waals surface area contributed by atoms with Gasteiger partial charge in [-0.25, -0.2) is 4.99 Å². The first-order valence-corrected chi connectivity index (χ1v) is 11.3. The smallest absolute Gasteiger partial charge is 0.264 e. The number of allylic oxidation sites excluding steroid dienone is 1. The molecule has 2 aliphatic heterocycles. The first kappa shape index (κ1) is 21.4. The minimum atomic E-state index is -0.101. The average Bonchev–Trinajstić information content (AvgIpc) is 2.99. The highest BCUT2D eigenvalue weighted by Crippen LogP contribution is 2.40. The average molecular weight is 432 g/mol. The first-order valence-electron chi connectivity index (χ1n) is 10.5. The molecule has 0 atom stereocenters. The highest BCUT2D eigenvalue weighted by molar-refractivity contribution is 8.18. The van der Waals surface area contributed by atoms with Crippen molar-refractivity contribution < 1.29 is 4.79 Å². The zero-order chi connectivity index (χ0) is 22.5. The number of anilines is 1. The number of aryl methyl sites for hydroxylation is 3. The predicted molar refractivity (Wildman–Crippen MR) is 134 cm³/mol. The lowest BCUT2D eigenvalue weighted by molar-refractivity contribution is -0.115. The van der Waals surface area contributed by atoms with Crippen LogP contribution in [0.1, 0.15) is 48.6 Å². The number of rotatable bonds is 2. The summed E-state index contributed by atoms with van der Waals surface area (Å²) in [7, 11) is 2.13. The zero-order valence-corrected chi connectivity index (χ0v) is 20.1. The van der Waals surface area contributed by atoms with Crippen LogP contribution in [0.25, 0.3) is 11.6 Å². The quantitative estimate of drug-likeness (QED) is 0.581. The van der Waals surface area contributed by atoms with E-state index in [1.807, 2.05) is 18.2 Å². The Labute approximate surface area is 189 Å². The number of nitrogens with one attached hydrogen (secondary N) is 1. The summed E-state index contributed by atoms with van der Waals surface area (Å²) in [6.45, 7) is 12.8. The van der Waals surface area contributed by atoms with E-state index in [-0.39, 0.29) is 11.4 Å². The monoisotopic (exact) mass is 431 g/mol. The van der Waals surface area contributed by atoms with Crippen LogP contribution >= 0.6 is 11.8 Å². The van der Waals surface area contributed by atoms with E-state index in [4.69, 9.17) is 0 Å². The van der Waals surface area contributed by atoms with Crippen molar-refractivity contribution in [3.63, 3.8) is 0 Å². The molecule has 4 nitrogen and oxygen atoms in total. The third-order valence-corrected chi connectivity index (χ3v) is 6.89. The molecule has 0 unspecified atom stereocenters. The van der Waals surface area contributed by atoms with E-state index in [0.29, 0.717) is 10.1 Å². The highest BCUT2D eigenvalue weighted by atomic mass is 32.2. The summed E-state index contributed by atoms with van der Waals surface area (Å²) >= 11 is 1.39. The Hall–Kier alpha value is -2.79. The number of carbonyl (C=O) groups is 1. The zero-order valence-electron chi connectivity index (χ0n) is 19.3. The van der Waals surface area contributed by atoms with Gasteiger partial charge in [-0.3, -0.25) is 4.79 Å². The third kappa shape index (κ3) is 4.19. The van der Waals surface area contributed by atoms with E-state index in [1.54, 1.807) is 0 Å². The molecule has 0 aromatic heterocycles. The maximum atomic E-state index is 12.6. The Morgan fingerprint density at radius 2 is 1.71 bits per heavy atom. The Morgan fingerprint density at radius 3 is 2.39 bits per heavy atom. The van der Waals surface area contributed by atoms with Crippen molar-refractivity contribution in [3.8, 4) is 0 Å². The van der Waals surface area contributed by atoms with Gasteiger partial charge in [-0.05, 0) is 111 Å². The normalized spacial score (nSPS) is 20.2. The molecule has 160 valence electrons. The van der Waals surface area contributed by atoms with Gasteiger partial charge in [0.1, 0.15) is 0 Å². The number of nitrogens with zero attached hydrogens (tertiary/aromatic N) is 2. The van der Waals surface area contributed by atoms with Crippen molar-refractivity contribution in [2.75, 3.05) is 11.9 Å². The van der Waals surface area contributed by atoms with Crippen molar-refractivity contribution in [2.24, 2.45) is 4.99 Å². The Morgan fingerprint density at radius 1 is 1.03 bits per heavy atom. The fourth-order valence-electron chi connectivity index (χ4n) is 4.23. The summed E-state index contributed by atoms with van der Waals surface area (Å²) in [6, 6.07) is 10.6. The van der Waals surface area contributed by atoms with Gasteiger partial charge >= 0.3 is 0 Å². The van der Waals surface area contributed by atoms with Crippen molar-refractivity contribution >= 4 is 45.9 Å². The van der Waals surface area contributed by atoms with Gasteiger partial charge in [-0.1, -0.05) is 12.1 Å². The van der Waals surface area contributed by atoms with Crippen molar-refractivity contribution in [1.82, 2.24) is 5.32 Å². The SMILES string of the molecule is CC1=CC(C)(C)N(C)c2cc(C)c(/C=C3/SC(=Nc4cc(C)cc(C)c4)NC3=O)cc21. The van der Waals surface area contributed by atoms with Gasteiger partial charge in [0.25, 0.3) is 5.91 Å². The van der Waals surface area contributed by atoms with E-state index >= 15 is 0 Å². The van der Waals surface area contributed by atoms with Crippen LogP contribution in [0.5, 0.6) is 0 Å². The van der Waals surface area contributed by atoms with Gasteiger partial charge in [-0.2, -0.15) is 0 Å². The fraction of sp³-hybridized carbons (Fsp3) is 0.308. The first-order chi connectivity index (χ1) is 14.5. The summed E-state index contributed by atoms with van der Waals surface area (Å²) in [6.07, 6.45) is 4.28. The number of hydrogen-bond donors (Lipinski definition) is 1. The maximum Gasteiger partial charge on any atom is 0.264 e. The number of fused-ring (bicyclic) bond motifs is 1. The molecular formula is C26H29N3OS. The minimum absolute atomic E-state index is 0.0236. The van der Waals surface area contributed by atoms with E-state index in [1.165, 1.54) is 28.6 Å². The fourth-order valence-corrected chi connectivity index (χ4v) is 5.06. The van der Waals surface area contributed by atoms with E-state index < -0.39 is 0 Å².